The fraction of sp³-hybridized carbons (Fsp3) is 0.0714. The summed E-state index contributed by atoms with van der Waals surface area (Å²) in [4.78, 5) is 0. The number of nitrogens with zero attached hydrogens (tertiary/aromatic N) is 1. The number of rotatable bonds is 2. The highest BCUT2D eigenvalue weighted by molar-refractivity contribution is 6.32. The first-order valence-electron chi connectivity index (χ1n) is 5.34. The Morgan fingerprint density at radius 2 is 2.06 bits per heavy atom. The first-order valence-corrected chi connectivity index (χ1v) is 5.72. The number of ether oxygens (including phenoxy) is 1. The van der Waals surface area contributed by atoms with Gasteiger partial charge in [-0.25, -0.2) is 0 Å². The van der Waals surface area contributed by atoms with Crippen molar-refractivity contribution in [2.45, 2.75) is 6.92 Å². The van der Waals surface area contributed by atoms with Crippen molar-refractivity contribution >= 4 is 17.3 Å². The Morgan fingerprint density at radius 3 is 2.72 bits per heavy atom. The van der Waals surface area contributed by atoms with Crippen molar-refractivity contribution in [2.75, 3.05) is 5.73 Å². The molecule has 0 spiro atoms. The first-order chi connectivity index (χ1) is 8.61. The number of nitriles is 1. The first kappa shape index (κ1) is 12.3. The van der Waals surface area contributed by atoms with E-state index in [0.717, 1.165) is 5.56 Å². The second kappa shape index (κ2) is 4.99. The predicted octanol–water partition coefficient (Wildman–Crippen LogP) is 3.89. The van der Waals surface area contributed by atoms with Gasteiger partial charge in [0, 0.05) is 0 Å². The molecule has 0 unspecified atom stereocenters. The van der Waals surface area contributed by atoms with Crippen LogP contribution in [0.15, 0.2) is 36.4 Å². The number of aryl methyl sites for hydroxylation is 1. The van der Waals surface area contributed by atoms with Crippen molar-refractivity contribution < 1.29 is 4.74 Å². The van der Waals surface area contributed by atoms with Crippen LogP contribution in [0.4, 0.5) is 5.69 Å². The molecule has 0 saturated carbocycles. The van der Waals surface area contributed by atoms with Crippen molar-refractivity contribution in [2.24, 2.45) is 0 Å². The topological polar surface area (TPSA) is 59.0 Å². The summed E-state index contributed by atoms with van der Waals surface area (Å²) >= 11 is 6.02. The Balaban J connectivity index is 2.44. The molecular weight excluding hydrogens is 248 g/mol. The fourth-order valence-electron chi connectivity index (χ4n) is 1.56. The van der Waals surface area contributed by atoms with Gasteiger partial charge in [-0.15, -0.1) is 0 Å². The van der Waals surface area contributed by atoms with E-state index in [1.54, 1.807) is 30.3 Å². The molecule has 2 N–H and O–H groups in total. The molecule has 3 nitrogen and oxygen atoms in total. The zero-order chi connectivity index (χ0) is 13.1. The van der Waals surface area contributed by atoms with E-state index in [9.17, 15) is 0 Å². The lowest BCUT2D eigenvalue weighted by Crippen LogP contribution is -1.94. The zero-order valence-electron chi connectivity index (χ0n) is 9.77. The molecule has 90 valence electrons. The highest BCUT2D eigenvalue weighted by Crippen LogP contribution is 2.35. The molecule has 0 amide bonds. The number of hydrogen-bond donors (Lipinski definition) is 1. The van der Waals surface area contributed by atoms with E-state index in [-0.39, 0.29) is 0 Å². The molecule has 2 rings (SSSR count). The molecule has 2 aromatic rings. The third kappa shape index (κ3) is 2.39. The van der Waals surface area contributed by atoms with Gasteiger partial charge in [-0.1, -0.05) is 23.7 Å². The molecule has 0 bridgehead atoms. The normalized spacial score (nSPS) is 9.83. The molecular formula is C14H11ClN2O. The highest BCUT2D eigenvalue weighted by Gasteiger charge is 2.10. The van der Waals surface area contributed by atoms with Gasteiger partial charge >= 0.3 is 0 Å². The van der Waals surface area contributed by atoms with Crippen LogP contribution >= 0.6 is 11.6 Å². The maximum atomic E-state index is 9.07. The molecule has 0 aliphatic carbocycles. The Kier molecular flexibility index (Phi) is 3.40. The standard InChI is InChI=1S/C14H11ClN2O/c1-9-5-6-13(10(7-9)8-16)18-14-11(15)3-2-4-12(14)17/h2-7H,17H2,1H3. The van der Waals surface area contributed by atoms with Crippen molar-refractivity contribution in [3.63, 3.8) is 0 Å². The van der Waals surface area contributed by atoms with E-state index >= 15 is 0 Å². The molecule has 0 aliphatic heterocycles. The number of nitrogens with two attached hydrogens (primary N) is 1. The molecule has 0 radical (unpaired) electrons. The minimum absolute atomic E-state index is 0.375. The summed E-state index contributed by atoms with van der Waals surface area (Å²) < 4.78 is 5.64. The number of hydrogen-bond acceptors (Lipinski definition) is 3. The van der Waals surface area contributed by atoms with Gasteiger partial charge in [-0.05, 0) is 36.8 Å². The monoisotopic (exact) mass is 258 g/mol. The van der Waals surface area contributed by atoms with E-state index in [1.165, 1.54) is 0 Å². The van der Waals surface area contributed by atoms with E-state index in [1.807, 2.05) is 13.0 Å². The van der Waals surface area contributed by atoms with Gasteiger partial charge in [0.2, 0.25) is 0 Å². The van der Waals surface area contributed by atoms with Crippen molar-refractivity contribution in [1.29, 1.82) is 5.26 Å². The molecule has 18 heavy (non-hydrogen) atoms. The zero-order valence-corrected chi connectivity index (χ0v) is 10.5. The minimum atomic E-state index is 0.375. The minimum Gasteiger partial charge on any atom is -0.452 e. The molecule has 4 heteroatoms. The summed E-state index contributed by atoms with van der Waals surface area (Å²) in [5.41, 5.74) is 7.68. The van der Waals surface area contributed by atoms with Gasteiger partial charge < -0.3 is 10.5 Å². The number of benzene rings is 2. The maximum Gasteiger partial charge on any atom is 0.168 e. The average molecular weight is 259 g/mol. The summed E-state index contributed by atoms with van der Waals surface area (Å²) in [7, 11) is 0. The summed E-state index contributed by atoms with van der Waals surface area (Å²) in [5.74, 6) is 0.822. The summed E-state index contributed by atoms with van der Waals surface area (Å²) in [6.45, 7) is 1.91. The van der Waals surface area contributed by atoms with Crippen LogP contribution in [-0.4, -0.2) is 0 Å². The van der Waals surface area contributed by atoms with Crippen molar-refractivity contribution in [1.82, 2.24) is 0 Å². The lowest BCUT2D eigenvalue weighted by atomic mass is 10.1. The van der Waals surface area contributed by atoms with Gasteiger partial charge in [0.05, 0.1) is 16.3 Å². The van der Waals surface area contributed by atoms with Gasteiger partial charge in [-0.2, -0.15) is 5.26 Å². The predicted molar refractivity (Wildman–Crippen MR) is 71.8 cm³/mol. The number of para-hydroxylation sites is 1. The van der Waals surface area contributed by atoms with E-state index in [2.05, 4.69) is 6.07 Å². The van der Waals surface area contributed by atoms with Crippen LogP contribution in [0.25, 0.3) is 0 Å². The van der Waals surface area contributed by atoms with Crippen LogP contribution in [0, 0.1) is 18.3 Å². The molecule has 0 saturated heterocycles. The van der Waals surface area contributed by atoms with Gasteiger partial charge in [0.15, 0.2) is 5.75 Å². The van der Waals surface area contributed by atoms with Crippen LogP contribution in [0.3, 0.4) is 0 Å². The number of anilines is 1. The van der Waals surface area contributed by atoms with Crippen LogP contribution in [0.1, 0.15) is 11.1 Å². The third-order valence-corrected chi connectivity index (χ3v) is 2.76. The van der Waals surface area contributed by atoms with E-state index in [0.29, 0.717) is 27.8 Å². The second-order valence-corrected chi connectivity index (χ2v) is 4.28. The SMILES string of the molecule is Cc1ccc(Oc2c(N)cccc2Cl)c(C#N)c1. The molecule has 0 atom stereocenters. The quantitative estimate of drug-likeness (QED) is 0.831. The molecule has 0 aliphatic rings. The van der Waals surface area contributed by atoms with E-state index < -0.39 is 0 Å². The van der Waals surface area contributed by atoms with Gasteiger partial charge in [-0.3, -0.25) is 0 Å². The Morgan fingerprint density at radius 1 is 1.28 bits per heavy atom. The molecule has 0 aromatic heterocycles. The molecule has 0 heterocycles. The maximum absolute atomic E-state index is 9.07. The fourth-order valence-corrected chi connectivity index (χ4v) is 1.78. The third-order valence-electron chi connectivity index (χ3n) is 2.46. The number of nitrogen functional groups attached to an aromatic ring is 1. The molecule has 2 aromatic carbocycles. The average Bonchev–Trinajstić information content (AvgIpc) is 2.35. The second-order valence-electron chi connectivity index (χ2n) is 3.87. The smallest absolute Gasteiger partial charge is 0.168 e. The Hall–Kier alpha value is -2.18. The summed E-state index contributed by atoms with van der Waals surface area (Å²) in [6.07, 6.45) is 0. The van der Waals surface area contributed by atoms with Crippen molar-refractivity contribution in [3.05, 3.63) is 52.5 Å². The van der Waals surface area contributed by atoms with Crippen LogP contribution in [0.2, 0.25) is 5.02 Å². The van der Waals surface area contributed by atoms with Crippen LogP contribution < -0.4 is 10.5 Å². The summed E-state index contributed by atoms with van der Waals surface area (Å²) in [6, 6.07) is 12.6. The van der Waals surface area contributed by atoms with E-state index in [4.69, 9.17) is 27.3 Å². The van der Waals surface area contributed by atoms with Crippen LogP contribution in [0.5, 0.6) is 11.5 Å². The lowest BCUT2D eigenvalue weighted by Gasteiger charge is -2.11. The summed E-state index contributed by atoms with van der Waals surface area (Å²) in [5, 5.41) is 9.48. The Bertz CT molecular complexity index is 612. The van der Waals surface area contributed by atoms with Crippen LogP contribution in [-0.2, 0) is 0 Å². The van der Waals surface area contributed by atoms with Gasteiger partial charge in [0.25, 0.3) is 0 Å². The molecule has 0 fully saturated rings. The largest absolute Gasteiger partial charge is 0.452 e. The van der Waals surface area contributed by atoms with Gasteiger partial charge in [0.1, 0.15) is 11.8 Å². The highest BCUT2D eigenvalue weighted by atomic mass is 35.5. The Labute approximate surface area is 110 Å². The number of halogens is 1. The lowest BCUT2D eigenvalue weighted by molar-refractivity contribution is 0.483. The van der Waals surface area contributed by atoms with Crippen molar-refractivity contribution in [3.8, 4) is 17.6 Å².